The summed E-state index contributed by atoms with van der Waals surface area (Å²) in [5.41, 5.74) is 4.50. The van der Waals surface area contributed by atoms with E-state index in [2.05, 4.69) is 17.4 Å². The highest BCUT2D eigenvalue weighted by atomic mass is 16.5. The van der Waals surface area contributed by atoms with Crippen LogP contribution >= 0.6 is 0 Å². The summed E-state index contributed by atoms with van der Waals surface area (Å²) in [5, 5.41) is 12.0. The molecule has 0 saturated carbocycles. The van der Waals surface area contributed by atoms with E-state index in [1.165, 1.54) is 4.90 Å². The third-order valence-electron chi connectivity index (χ3n) is 6.75. The summed E-state index contributed by atoms with van der Waals surface area (Å²) in [6.45, 7) is 4.33. The number of carboxylic acids is 1. The van der Waals surface area contributed by atoms with Crippen LogP contribution in [0.1, 0.15) is 37.3 Å². The molecule has 180 valence electrons. The van der Waals surface area contributed by atoms with E-state index in [1.807, 2.05) is 50.2 Å². The van der Waals surface area contributed by atoms with Gasteiger partial charge in [0.2, 0.25) is 5.91 Å². The van der Waals surface area contributed by atoms with Crippen molar-refractivity contribution >= 4 is 18.0 Å². The highest BCUT2D eigenvalue weighted by Gasteiger charge is 2.36. The Labute approximate surface area is 198 Å². The van der Waals surface area contributed by atoms with Gasteiger partial charge in [-0.2, -0.15) is 0 Å². The molecular formula is C26H30N2O6. The Morgan fingerprint density at radius 1 is 1.12 bits per heavy atom. The number of carboxylic acid groups (broad SMARTS) is 1. The number of fused-ring (bicyclic) bond motifs is 3. The summed E-state index contributed by atoms with van der Waals surface area (Å²) in [7, 11) is 0. The van der Waals surface area contributed by atoms with Gasteiger partial charge >= 0.3 is 12.1 Å². The Morgan fingerprint density at radius 2 is 1.74 bits per heavy atom. The van der Waals surface area contributed by atoms with Crippen molar-refractivity contribution in [1.29, 1.82) is 0 Å². The predicted octanol–water partition coefficient (Wildman–Crippen LogP) is 3.25. The van der Waals surface area contributed by atoms with Gasteiger partial charge in [0.25, 0.3) is 0 Å². The molecule has 1 aliphatic carbocycles. The third kappa shape index (κ3) is 4.77. The molecule has 8 heteroatoms. The van der Waals surface area contributed by atoms with Crippen LogP contribution in [0.4, 0.5) is 4.79 Å². The number of carbonyl (C=O) groups is 3. The first kappa shape index (κ1) is 23.8. The van der Waals surface area contributed by atoms with Crippen LogP contribution in [-0.4, -0.2) is 66.4 Å². The van der Waals surface area contributed by atoms with Gasteiger partial charge in [0.05, 0.1) is 13.2 Å². The number of morpholine rings is 1. The Morgan fingerprint density at radius 3 is 2.32 bits per heavy atom. The smallest absolute Gasteiger partial charge is 0.407 e. The van der Waals surface area contributed by atoms with Crippen LogP contribution in [-0.2, 0) is 19.1 Å². The topological polar surface area (TPSA) is 105 Å². The quantitative estimate of drug-likeness (QED) is 0.649. The lowest BCUT2D eigenvalue weighted by Crippen LogP contribution is -2.56. The summed E-state index contributed by atoms with van der Waals surface area (Å²) in [6.07, 6.45) is -1.07. The monoisotopic (exact) mass is 466 g/mol. The molecule has 2 aromatic rings. The number of hydrogen-bond donors (Lipinski definition) is 2. The van der Waals surface area contributed by atoms with E-state index in [0.29, 0.717) is 6.42 Å². The number of ether oxygens (including phenoxy) is 2. The zero-order valence-electron chi connectivity index (χ0n) is 19.4. The van der Waals surface area contributed by atoms with Crippen molar-refractivity contribution in [1.82, 2.24) is 10.2 Å². The van der Waals surface area contributed by atoms with Gasteiger partial charge in [-0.05, 0) is 28.2 Å². The van der Waals surface area contributed by atoms with E-state index in [9.17, 15) is 19.5 Å². The van der Waals surface area contributed by atoms with Crippen LogP contribution in [0, 0.1) is 5.92 Å². The van der Waals surface area contributed by atoms with Crippen LogP contribution in [0.3, 0.4) is 0 Å². The van der Waals surface area contributed by atoms with E-state index in [1.54, 1.807) is 0 Å². The van der Waals surface area contributed by atoms with Crippen LogP contribution in [0.25, 0.3) is 11.1 Å². The standard InChI is InChI=1S/C26H30N2O6/c1-3-16(2)23(24(29)28-12-13-33-22(14-28)25(30)31)27-26(32)34-15-21-19-10-6-4-8-17(19)18-9-5-7-11-20(18)21/h4-11,16,21-23H,3,12-15H2,1-2H3,(H,27,32)(H,30,31)/t16?,22?,23-/m0/s1. The number of benzene rings is 2. The van der Waals surface area contributed by atoms with Gasteiger partial charge in [-0.1, -0.05) is 68.8 Å². The van der Waals surface area contributed by atoms with Crippen molar-refractivity contribution in [3.63, 3.8) is 0 Å². The third-order valence-corrected chi connectivity index (χ3v) is 6.75. The molecule has 0 spiro atoms. The van der Waals surface area contributed by atoms with Gasteiger partial charge < -0.3 is 24.8 Å². The molecule has 2 aromatic carbocycles. The zero-order valence-corrected chi connectivity index (χ0v) is 19.4. The number of rotatable bonds is 7. The normalized spacial score (nSPS) is 19.0. The maximum Gasteiger partial charge on any atom is 0.407 e. The van der Waals surface area contributed by atoms with Gasteiger partial charge in [-0.25, -0.2) is 9.59 Å². The SMILES string of the molecule is CCC(C)[C@H](NC(=O)OCC1c2ccccc2-c2ccccc21)C(=O)N1CCOC(C(=O)O)C1. The molecule has 1 aliphatic heterocycles. The van der Waals surface area contributed by atoms with Gasteiger partial charge in [0, 0.05) is 12.5 Å². The van der Waals surface area contributed by atoms with E-state index < -0.39 is 24.2 Å². The summed E-state index contributed by atoms with van der Waals surface area (Å²) in [5.74, 6) is -1.66. The molecule has 3 atom stereocenters. The van der Waals surface area contributed by atoms with Crippen molar-refractivity contribution in [2.75, 3.05) is 26.3 Å². The van der Waals surface area contributed by atoms with Crippen molar-refractivity contribution in [2.24, 2.45) is 5.92 Å². The lowest BCUT2D eigenvalue weighted by atomic mass is 9.97. The molecule has 0 radical (unpaired) electrons. The minimum Gasteiger partial charge on any atom is -0.479 e. The fourth-order valence-corrected chi connectivity index (χ4v) is 4.65. The Kier molecular flexibility index (Phi) is 7.17. The highest BCUT2D eigenvalue weighted by molar-refractivity contribution is 5.87. The number of nitrogens with one attached hydrogen (secondary N) is 1. The molecule has 1 fully saturated rings. The number of carbonyl (C=O) groups excluding carboxylic acids is 2. The largest absolute Gasteiger partial charge is 0.479 e. The molecule has 2 unspecified atom stereocenters. The van der Waals surface area contributed by atoms with Crippen molar-refractivity contribution in [3.05, 3.63) is 59.7 Å². The molecule has 34 heavy (non-hydrogen) atoms. The molecule has 1 heterocycles. The minimum absolute atomic E-state index is 0.0481. The van der Waals surface area contributed by atoms with Crippen molar-refractivity contribution in [2.45, 2.75) is 38.3 Å². The van der Waals surface area contributed by atoms with Gasteiger partial charge in [0.1, 0.15) is 12.6 Å². The molecule has 0 aromatic heterocycles. The van der Waals surface area contributed by atoms with Crippen LogP contribution < -0.4 is 5.32 Å². The number of alkyl carbamates (subject to hydrolysis) is 1. The fourth-order valence-electron chi connectivity index (χ4n) is 4.65. The first-order chi connectivity index (χ1) is 16.4. The molecule has 2 aliphatic rings. The molecule has 2 amide bonds. The predicted molar refractivity (Wildman–Crippen MR) is 125 cm³/mol. The molecular weight excluding hydrogens is 436 g/mol. The van der Waals surface area contributed by atoms with Crippen LogP contribution in [0.15, 0.2) is 48.5 Å². The highest BCUT2D eigenvalue weighted by Crippen LogP contribution is 2.44. The van der Waals surface area contributed by atoms with Crippen molar-refractivity contribution < 1.29 is 29.0 Å². The summed E-state index contributed by atoms with van der Waals surface area (Å²) < 4.78 is 10.8. The number of aliphatic carboxylic acids is 1. The number of nitrogens with zero attached hydrogens (tertiary/aromatic N) is 1. The second-order valence-corrected chi connectivity index (χ2v) is 8.82. The first-order valence-corrected chi connectivity index (χ1v) is 11.6. The molecule has 1 saturated heterocycles. The van der Waals surface area contributed by atoms with E-state index in [-0.39, 0.29) is 44.0 Å². The average Bonchev–Trinajstić information content (AvgIpc) is 3.19. The van der Waals surface area contributed by atoms with Gasteiger partial charge in [-0.15, -0.1) is 0 Å². The van der Waals surface area contributed by atoms with E-state index >= 15 is 0 Å². The fraction of sp³-hybridized carbons (Fsp3) is 0.423. The lowest BCUT2D eigenvalue weighted by Gasteiger charge is -2.35. The zero-order chi connectivity index (χ0) is 24.2. The van der Waals surface area contributed by atoms with Crippen LogP contribution in [0.2, 0.25) is 0 Å². The number of hydrogen-bond acceptors (Lipinski definition) is 5. The summed E-state index contributed by atoms with van der Waals surface area (Å²) >= 11 is 0. The van der Waals surface area contributed by atoms with Gasteiger partial charge in [0.15, 0.2) is 6.10 Å². The molecule has 0 bridgehead atoms. The maximum atomic E-state index is 13.2. The Bertz CT molecular complexity index is 1030. The lowest BCUT2D eigenvalue weighted by molar-refractivity contribution is -0.160. The van der Waals surface area contributed by atoms with Crippen molar-refractivity contribution in [3.8, 4) is 11.1 Å². The Hall–Kier alpha value is -3.39. The van der Waals surface area contributed by atoms with E-state index in [4.69, 9.17) is 9.47 Å². The van der Waals surface area contributed by atoms with Crippen LogP contribution in [0.5, 0.6) is 0 Å². The second kappa shape index (κ2) is 10.3. The summed E-state index contributed by atoms with van der Waals surface area (Å²) in [4.78, 5) is 38.7. The summed E-state index contributed by atoms with van der Waals surface area (Å²) in [6, 6.07) is 15.4. The average molecular weight is 467 g/mol. The van der Waals surface area contributed by atoms with Gasteiger partial charge in [-0.3, -0.25) is 4.79 Å². The Balaban J connectivity index is 1.43. The second-order valence-electron chi connectivity index (χ2n) is 8.82. The molecule has 2 N–H and O–H groups in total. The molecule has 4 rings (SSSR count). The number of amides is 2. The first-order valence-electron chi connectivity index (χ1n) is 11.6. The van der Waals surface area contributed by atoms with E-state index in [0.717, 1.165) is 22.3 Å². The maximum absolute atomic E-state index is 13.2. The minimum atomic E-state index is -1.11. The molecule has 8 nitrogen and oxygen atoms in total.